The highest BCUT2D eigenvalue weighted by atomic mass is 16.5. The van der Waals surface area contributed by atoms with Gasteiger partial charge in [-0.1, -0.05) is 42.5 Å². The van der Waals surface area contributed by atoms with Gasteiger partial charge in [-0.05, 0) is 37.5 Å². The molecule has 1 heterocycles. The summed E-state index contributed by atoms with van der Waals surface area (Å²) in [7, 11) is 1.73. The topological polar surface area (TPSA) is 48.9 Å². The monoisotopic (exact) mass is 366 g/mol. The SMILES string of the molecule is CCNC(=NCCc1ccccc1)NC1CCN(c2ccccc2OC)C1. The number of rotatable bonds is 7. The third-order valence-corrected chi connectivity index (χ3v) is 4.81. The Bertz CT molecular complexity index is 732. The van der Waals surface area contributed by atoms with Gasteiger partial charge < -0.3 is 20.3 Å². The Hall–Kier alpha value is -2.69. The molecule has 144 valence electrons. The molecule has 27 heavy (non-hydrogen) atoms. The highest BCUT2D eigenvalue weighted by Crippen LogP contribution is 2.30. The summed E-state index contributed by atoms with van der Waals surface area (Å²) in [5, 5.41) is 6.97. The Labute approximate surface area is 162 Å². The molecule has 2 N–H and O–H groups in total. The molecule has 5 heteroatoms. The molecule has 0 bridgehead atoms. The average molecular weight is 367 g/mol. The summed E-state index contributed by atoms with van der Waals surface area (Å²) >= 11 is 0. The zero-order valence-electron chi connectivity index (χ0n) is 16.3. The maximum Gasteiger partial charge on any atom is 0.191 e. The number of benzene rings is 2. The molecule has 1 fully saturated rings. The van der Waals surface area contributed by atoms with Gasteiger partial charge in [-0.2, -0.15) is 0 Å². The van der Waals surface area contributed by atoms with E-state index in [-0.39, 0.29) is 0 Å². The smallest absolute Gasteiger partial charge is 0.191 e. The van der Waals surface area contributed by atoms with Crippen LogP contribution in [0.5, 0.6) is 5.75 Å². The van der Waals surface area contributed by atoms with Crippen molar-refractivity contribution in [2.75, 3.05) is 38.2 Å². The van der Waals surface area contributed by atoms with Crippen molar-refractivity contribution in [3.05, 3.63) is 60.2 Å². The quantitative estimate of drug-likeness (QED) is 0.584. The Kier molecular flexibility index (Phi) is 6.97. The van der Waals surface area contributed by atoms with Gasteiger partial charge in [0.05, 0.1) is 12.8 Å². The van der Waals surface area contributed by atoms with Crippen molar-refractivity contribution >= 4 is 11.6 Å². The Morgan fingerprint density at radius 2 is 1.93 bits per heavy atom. The van der Waals surface area contributed by atoms with Crippen LogP contribution in [-0.4, -0.2) is 45.3 Å². The molecule has 2 aromatic rings. The van der Waals surface area contributed by atoms with E-state index < -0.39 is 0 Å². The van der Waals surface area contributed by atoms with Crippen LogP contribution in [0.3, 0.4) is 0 Å². The number of aliphatic imine (C=N–C) groups is 1. The van der Waals surface area contributed by atoms with Crippen molar-refractivity contribution in [2.24, 2.45) is 4.99 Å². The van der Waals surface area contributed by atoms with Gasteiger partial charge in [0.25, 0.3) is 0 Å². The van der Waals surface area contributed by atoms with Gasteiger partial charge in [-0.3, -0.25) is 4.99 Å². The first-order valence-electron chi connectivity index (χ1n) is 9.77. The number of para-hydroxylation sites is 2. The summed E-state index contributed by atoms with van der Waals surface area (Å²) in [6.45, 7) is 5.71. The predicted molar refractivity (Wildman–Crippen MR) is 113 cm³/mol. The van der Waals surface area contributed by atoms with Gasteiger partial charge in [0, 0.05) is 32.2 Å². The molecule has 1 atom stereocenters. The maximum atomic E-state index is 5.51. The van der Waals surface area contributed by atoms with Crippen molar-refractivity contribution < 1.29 is 4.74 Å². The van der Waals surface area contributed by atoms with E-state index in [4.69, 9.17) is 9.73 Å². The molecule has 0 spiro atoms. The van der Waals surface area contributed by atoms with Crippen LogP contribution in [0.4, 0.5) is 5.69 Å². The summed E-state index contributed by atoms with van der Waals surface area (Å²) in [6, 6.07) is 19.1. The van der Waals surface area contributed by atoms with Gasteiger partial charge in [-0.25, -0.2) is 0 Å². The van der Waals surface area contributed by atoms with Crippen LogP contribution in [-0.2, 0) is 6.42 Å². The largest absolute Gasteiger partial charge is 0.495 e. The van der Waals surface area contributed by atoms with E-state index in [2.05, 4.69) is 58.9 Å². The van der Waals surface area contributed by atoms with E-state index in [1.165, 1.54) is 5.56 Å². The number of ether oxygens (including phenoxy) is 1. The second-order valence-corrected chi connectivity index (χ2v) is 6.74. The van der Waals surface area contributed by atoms with Crippen LogP contribution in [0.1, 0.15) is 18.9 Å². The van der Waals surface area contributed by atoms with E-state index in [9.17, 15) is 0 Å². The second kappa shape index (κ2) is 9.86. The molecule has 1 unspecified atom stereocenters. The molecule has 0 amide bonds. The molecule has 0 aromatic heterocycles. The van der Waals surface area contributed by atoms with E-state index in [1.807, 2.05) is 18.2 Å². The maximum absolute atomic E-state index is 5.51. The van der Waals surface area contributed by atoms with Crippen molar-refractivity contribution in [1.82, 2.24) is 10.6 Å². The number of nitrogens with zero attached hydrogens (tertiary/aromatic N) is 2. The molecule has 1 aliphatic rings. The Balaban J connectivity index is 1.56. The minimum Gasteiger partial charge on any atom is -0.495 e. The van der Waals surface area contributed by atoms with Gasteiger partial charge in [0.1, 0.15) is 5.75 Å². The van der Waals surface area contributed by atoms with E-state index in [0.717, 1.165) is 56.4 Å². The van der Waals surface area contributed by atoms with Crippen LogP contribution in [0, 0.1) is 0 Å². The fraction of sp³-hybridized carbons (Fsp3) is 0.409. The fourth-order valence-corrected chi connectivity index (χ4v) is 3.44. The number of methoxy groups -OCH3 is 1. The van der Waals surface area contributed by atoms with Crippen molar-refractivity contribution in [2.45, 2.75) is 25.8 Å². The highest BCUT2D eigenvalue weighted by molar-refractivity contribution is 5.80. The van der Waals surface area contributed by atoms with Crippen LogP contribution >= 0.6 is 0 Å². The third kappa shape index (κ3) is 5.39. The molecule has 1 saturated heterocycles. The zero-order chi connectivity index (χ0) is 18.9. The van der Waals surface area contributed by atoms with Gasteiger partial charge in [0.15, 0.2) is 5.96 Å². The van der Waals surface area contributed by atoms with Gasteiger partial charge in [-0.15, -0.1) is 0 Å². The lowest BCUT2D eigenvalue weighted by Gasteiger charge is -2.22. The first-order valence-corrected chi connectivity index (χ1v) is 9.77. The van der Waals surface area contributed by atoms with E-state index >= 15 is 0 Å². The van der Waals surface area contributed by atoms with Crippen molar-refractivity contribution in [3.63, 3.8) is 0 Å². The molecule has 2 aromatic carbocycles. The summed E-state index contributed by atoms with van der Waals surface area (Å²) in [4.78, 5) is 7.13. The molecule has 3 rings (SSSR count). The molecular weight excluding hydrogens is 336 g/mol. The third-order valence-electron chi connectivity index (χ3n) is 4.81. The molecule has 0 aliphatic carbocycles. The molecule has 1 aliphatic heterocycles. The molecule has 5 nitrogen and oxygen atoms in total. The lowest BCUT2D eigenvalue weighted by molar-refractivity contribution is 0.415. The minimum atomic E-state index is 0.379. The Morgan fingerprint density at radius 1 is 1.15 bits per heavy atom. The number of hydrogen-bond acceptors (Lipinski definition) is 3. The van der Waals surface area contributed by atoms with E-state index in [1.54, 1.807) is 7.11 Å². The number of guanidine groups is 1. The molecule has 0 radical (unpaired) electrons. The first-order chi connectivity index (χ1) is 13.3. The fourth-order valence-electron chi connectivity index (χ4n) is 3.44. The number of anilines is 1. The normalized spacial score (nSPS) is 17.0. The standard InChI is InChI=1S/C22H30N4O/c1-3-23-22(24-15-13-18-9-5-4-6-10-18)25-19-14-16-26(17-19)20-11-7-8-12-21(20)27-2/h4-12,19H,3,13-17H2,1-2H3,(H2,23,24,25). The van der Waals surface area contributed by atoms with Crippen LogP contribution in [0.25, 0.3) is 0 Å². The van der Waals surface area contributed by atoms with Crippen molar-refractivity contribution in [1.29, 1.82) is 0 Å². The zero-order valence-corrected chi connectivity index (χ0v) is 16.3. The number of nitrogens with one attached hydrogen (secondary N) is 2. The molecular formula is C22H30N4O. The van der Waals surface area contributed by atoms with Crippen molar-refractivity contribution in [3.8, 4) is 5.75 Å². The Morgan fingerprint density at radius 3 is 2.70 bits per heavy atom. The first kappa shape index (κ1) is 19.1. The lowest BCUT2D eigenvalue weighted by atomic mass is 10.2. The molecule has 0 saturated carbocycles. The van der Waals surface area contributed by atoms with Gasteiger partial charge in [0.2, 0.25) is 0 Å². The highest BCUT2D eigenvalue weighted by Gasteiger charge is 2.25. The average Bonchev–Trinajstić information content (AvgIpc) is 3.17. The predicted octanol–water partition coefficient (Wildman–Crippen LogP) is 3.07. The summed E-state index contributed by atoms with van der Waals surface area (Å²) in [5.74, 6) is 1.84. The summed E-state index contributed by atoms with van der Waals surface area (Å²) in [6.07, 6.45) is 2.04. The summed E-state index contributed by atoms with van der Waals surface area (Å²) < 4.78 is 5.51. The lowest BCUT2D eigenvalue weighted by Crippen LogP contribution is -2.44. The van der Waals surface area contributed by atoms with Crippen LogP contribution < -0.4 is 20.3 Å². The summed E-state index contributed by atoms with van der Waals surface area (Å²) in [5.41, 5.74) is 2.48. The van der Waals surface area contributed by atoms with Gasteiger partial charge >= 0.3 is 0 Å². The van der Waals surface area contributed by atoms with E-state index in [0.29, 0.717) is 6.04 Å². The van der Waals surface area contributed by atoms with Crippen LogP contribution in [0.15, 0.2) is 59.6 Å². The number of hydrogen-bond donors (Lipinski definition) is 2. The second-order valence-electron chi connectivity index (χ2n) is 6.74. The van der Waals surface area contributed by atoms with Crippen LogP contribution in [0.2, 0.25) is 0 Å². The minimum absolute atomic E-state index is 0.379.